The van der Waals surface area contributed by atoms with Crippen molar-refractivity contribution in [3.05, 3.63) is 29.3 Å². The number of aliphatic carboxylic acids is 1. The molecule has 0 amide bonds. The Bertz CT molecular complexity index is 714. The maximum absolute atomic E-state index is 14.2. The van der Waals surface area contributed by atoms with Gasteiger partial charge >= 0.3 is 5.97 Å². The number of carbonyl (C=O) groups is 1. The third-order valence-electron chi connectivity index (χ3n) is 4.17. The van der Waals surface area contributed by atoms with Crippen molar-refractivity contribution in [2.75, 3.05) is 12.4 Å². The highest BCUT2D eigenvalue weighted by Gasteiger charge is 2.72. The van der Waals surface area contributed by atoms with Crippen LogP contribution < -0.4 is 11.5 Å². The van der Waals surface area contributed by atoms with Crippen LogP contribution >= 0.6 is 11.8 Å². The summed E-state index contributed by atoms with van der Waals surface area (Å²) >= 11 is 0.812. The quantitative estimate of drug-likeness (QED) is 0.731. The van der Waals surface area contributed by atoms with Crippen molar-refractivity contribution in [3.63, 3.8) is 0 Å². The summed E-state index contributed by atoms with van der Waals surface area (Å²) in [6.45, 7) is -1.20. The van der Waals surface area contributed by atoms with Crippen LogP contribution in [0.4, 0.5) is 18.9 Å². The predicted octanol–water partition coefficient (Wildman–Crippen LogP) is 1.62. The SMILES string of the molecule is NC1=NC(CF)(c2cc(N)cc(F)c2F)C2CC2(C(=O)O)S1. The number of thioether (sulfide) groups is 1. The number of halogens is 3. The van der Waals surface area contributed by atoms with E-state index in [0.717, 1.165) is 23.9 Å². The Balaban J connectivity index is 2.22. The highest BCUT2D eigenvalue weighted by molar-refractivity contribution is 8.15. The number of benzene rings is 1. The predicted molar refractivity (Wildman–Crippen MR) is 76.1 cm³/mol. The van der Waals surface area contributed by atoms with Crippen molar-refractivity contribution in [3.8, 4) is 0 Å². The third-order valence-corrected chi connectivity index (χ3v) is 5.46. The Hall–Kier alpha value is -1.90. The van der Waals surface area contributed by atoms with Crippen LogP contribution in [-0.4, -0.2) is 27.7 Å². The van der Waals surface area contributed by atoms with Crippen molar-refractivity contribution in [1.82, 2.24) is 0 Å². The summed E-state index contributed by atoms with van der Waals surface area (Å²) in [5.74, 6) is -4.53. The molecule has 2 aliphatic rings. The molecule has 9 heteroatoms. The Morgan fingerprint density at radius 3 is 2.73 bits per heavy atom. The summed E-state index contributed by atoms with van der Waals surface area (Å²) in [5.41, 5.74) is 8.76. The van der Waals surface area contributed by atoms with Gasteiger partial charge in [-0.25, -0.2) is 18.2 Å². The number of carboxylic acids is 1. The number of alkyl halides is 1. The minimum Gasteiger partial charge on any atom is -0.480 e. The summed E-state index contributed by atoms with van der Waals surface area (Å²) < 4.78 is 40.3. The Kier molecular flexibility index (Phi) is 3.10. The second kappa shape index (κ2) is 4.55. The Labute approximate surface area is 127 Å². The van der Waals surface area contributed by atoms with Crippen LogP contribution in [0.3, 0.4) is 0 Å². The van der Waals surface area contributed by atoms with Gasteiger partial charge < -0.3 is 16.6 Å². The van der Waals surface area contributed by atoms with Crippen LogP contribution in [0.1, 0.15) is 12.0 Å². The van der Waals surface area contributed by atoms with E-state index in [1.54, 1.807) is 0 Å². The number of nitrogens with zero attached hydrogens (tertiary/aromatic N) is 1. The van der Waals surface area contributed by atoms with E-state index in [1.165, 1.54) is 0 Å². The molecule has 0 saturated heterocycles. The van der Waals surface area contributed by atoms with Crippen molar-refractivity contribution < 1.29 is 23.1 Å². The Morgan fingerprint density at radius 1 is 1.45 bits per heavy atom. The summed E-state index contributed by atoms with van der Waals surface area (Å²) in [6.07, 6.45) is 0.0664. The third kappa shape index (κ3) is 1.81. The van der Waals surface area contributed by atoms with Gasteiger partial charge in [-0.1, -0.05) is 11.8 Å². The minimum atomic E-state index is -1.87. The average molecular weight is 331 g/mol. The fourth-order valence-corrected chi connectivity index (χ4v) is 4.30. The summed E-state index contributed by atoms with van der Waals surface area (Å²) in [7, 11) is 0. The molecule has 1 heterocycles. The first-order valence-electron chi connectivity index (χ1n) is 6.35. The number of aliphatic imine (C=N–C) groups is 1. The maximum atomic E-state index is 14.2. The van der Waals surface area contributed by atoms with Crippen LogP contribution in [0, 0.1) is 17.6 Å². The first-order valence-corrected chi connectivity index (χ1v) is 7.17. The minimum absolute atomic E-state index is 0.0664. The van der Waals surface area contributed by atoms with E-state index < -0.39 is 46.0 Å². The van der Waals surface area contributed by atoms with E-state index in [1.807, 2.05) is 0 Å². The molecule has 3 atom stereocenters. The smallest absolute Gasteiger partial charge is 0.320 e. The van der Waals surface area contributed by atoms with Gasteiger partial charge in [-0.3, -0.25) is 4.79 Å². The number of anilines is 1. The molecule has 3 rings (SSSR count). The van der Waals surface area contributed by atoms with Gasteiger partial charge in [0.15, 0.2) is 16.8 Å². The van der Waals surface area contributed by atoms with Crippen molar-refractivity contribution >= 4 is 28.6 Å². The van der Waals surface area contributed by atoms with Gasteiger partial charge in [-0.2, -0.15) is 0 Å². The molecule has 0 bridgehead atoms. The highest BCUT2D eigenvalue weighted by Crippen LogP contribution is 2.66. The lowest BCUT2D eigenvalue weighted by Gasteiger charge is -2.33. The molecular weight excluding hydrogens is 319 g/mol. The first kappa shape index (κ1) is 15.0. The molecule has 1 aromatic carbocycles. The van der Waals surface area contributed by atoms with Gasteiger partial charge in [0, 0.05) is 17.2 Å². The van der Waals surface area contributed by atoms with E-state index in [0.29, 0.717) is 0 Å². The van der Waals surface area contributed by atoms with Crippen LogP contribution in [0.2, 0.25) is 0 Å². The first-order chi connectivity index (χ1) is 10.3. The summed E-state index contributed by atoms with van der Waals surface area (Å²) in [4.78, 5) is 15.4. The standard InChI is InChI=1S/C13H12F3N3O2S/c14-4-12(6-1-5(17)2-7(15)9(6)16)8-3-13(8,10(20)21)22-11(18)19-12/h1-2,8H,3-4,17H2,(H2,18,19)(H,20,21). The van der Waals surface area contributed by atoms with E-state index >= 15 is 0 Å². The number of hydrogen-bond acceptors (Lipinski definition) is 5. The van der Waals surface area contributed by atoms with Crippen molar-refractivity contribution in [2.45, 2.75) is 16.7 Å². The lowest BCUT2D eigenvalue weighted by Crippen LogP contribution is -2.42. The number of carboxylic acid groups (broad SMARTS) is 1. The summed E-state index contributed by atoms with van der Waals surface area (Å²) in [5, 5.41) is 9.19. The molecule has 1 aliphatic carbocycles. The molecule has 5 N–H and O–H groups in total. The fourth-order valence-electron chi connectivity index (χ4n) is 3.04. The lowest BCUT2D eigenvalue weighted by atomic mass is 9.84. The van der Waals surface area contributed by atoms with Crippen molar-refractivity contribution in [1.29, 1.82) is 0 Å². The van der Waals surface area contributed by atoms with Gasteiger partial charge in [0.05, 0.1) is 0 Å². The number of nitrogen functional groups attached to an aromatic ring is 1. The monoisotopic (exact) mass is 331 g/mol. The molecule has 118 valence electrons. The van der Waals surface area contributed by atoms with Crippen LogP contribution in [0.15, 0.2) is 17.1 Å². The fraction of sp³-hybridized carbons (Fsp3) is 0.385. The molecule has 1 aromatic rings. The zero-order chi connectivity index (χ0) is 16.3. The summed E-state index contributed by atoms with van der Waals surface area (Å²) in [6, 6.07) is 1.85. The van der Waals surface area contributed by atoms with Gasteiger partial charge in [0.25, 0.3) is 0 Å². The average Bonchev–Trinajstić information content (AvgIpc) is 3.18. The number of nitrogens with two attached hydrogens (primary N) is 2. The molecule has 1 aliphatic heterocycles. The van der Waals surface area contributed by atoms with Crippen molar-refractivity contribution in [2.24, 2.45) is 16.6 Å². The molecule has 22 heavy (non-hydrogen) atoms. The van der Waals surface area contributed by atoms with Crippen LogP contribution in [-0.2, 0) is 10.3 Å². The highest BCUT2D eigenvalue weighted by atomic mass is 32.2. The van der Waals surface area contributed by atoms with E-state index in [4.69, 9.17) is 11.5 Å². The molecule has 0 spiro atoms. The van der Waals surface area contributed by atoms with E-state index in [-0.39, 0.29) is 17.3 Å². The largest absolute Gasteiger partial charge is 0.480 e. The molecule has 0 radical (unpaired) electrons. The van der Waals surface area contributed by atoms with E-state index in [2.05, 4.69) is 4.99 Å². The maximum Gasteiger partial charge on any atom is 0.320 e. The molecule has 3 unspecified atom stereocenters. The molecule has 0 aromatic heterocycles. The number of hydrogen-bond donors (Lipinski definition) is 3. The van der Waals surface area contributed by atoms with Gasteiger partial charge in [-0.15, -0.1) is 0 Å². The zero-order valence-electron chi connectivity index (χ0n) is 11.1. The van der Waals surface area contributed by atoms with Gasteiger partial charge in [-0.05, 0) is 18.6 Å². The van der Waals surface area contributed by atoms with Crippen LogP contribution in [0.5, 0.6) is 0 Å². The number of amidine groups is 1. The second-order valence-electron chi connectivity index (χ2n) is 5.43. The Morgan fingerprint density at radius 2 is 2.14 bits per heavy atom. The zero-order valence-corrected chi connectivity index (χ0v) is 12.0. The lowest BCUT2D eigenvalue weighted by molar-refractivity contribution is -0.137. The number of rotatable bonds is 3. The van der Waals surface area contributed by atoms with Crippen LogP contribution in [0.25, 0.3) is 0 Å². The number of fused-ring (bicyclic) bond motifs is 1. The normalized spacial score (nSPS) is 33.0. The van der Waals surface area contributed by atoms with Gasteiger partial charge in [0.2, 0.25) is 0 Å². The van der Waals surface area contributed by atoms with E-state index in [9.17, 15) is 23.1 Å². The van der Waals surface area contributed by atoms with Gasteiger partial charge in [0.1, 0.15) is 17.0 Å². The molecule has 5 nitrogen and oxygen atoms in total. The molecular formula is C13H12F3N3O2S. The second-order valence-corrected chi connectivity index (χ2v) is 6.78. The topological polar surface area (TPSA) is 102 Å². The molecule has 1 fully saturated rings. The molecule has 1 saturated carbocycles.